The van der Waals surface area contributed by atoms with Crippen LogP contribution in [0.4, 0.5) is 21.8 Å². The number of nitrogens with zero attached hydrogens (tertiary/aromatic N) is 3. The van der Waals surface area contributed by atoms with Crippen LogP contribution in [-0.2, 0) is 4.79 Å². The van der Waals surface area contributed by atoms with E-state index in [-0.39, 0.29) is 18.2 Å². The van der Waals surface area contributed by atoms with Gasteiger partial charge in [-0.1, -0.05) is 15.9 Å². The number of hydrogen-bond acceptors (Lipinski definition) is 6. The molecule has 2 aromatic heterocycles. The van der Waals surface area contributed by atoms with E-state index in [9.17, 15) is 9.18 Å². The highest BCUT2D eigenvalue weighted by atomic mass is 79.9. The van der Waals surface area contributed by atoms with E-state index >= 15 is 0 Å². The first kappa shape index (κ1) is 17.7. The third-order valence-corrected chi connectivity index (χ3v) is 3.77. The van der Waals surface area contributed by atoms with Gasteiger partial charge in [-0.05, 0) is 30.3 Å². The minimum atomic E-state index is -1.05. The predicted molar refractivity (Wildman–Crippen MR) is 98.8 cm³/mol. The number of pyridine rings is 1. The number of carbonyl (C=O) groups is 1. The number of benzene rings is 1. The molecule has 0 aliphatic heterocycles. The van der Waals surface area contributed by atoms with Crippen LogP contribution in [0, 0.1) is 5.82 Å². The molecule has 0 unspecified atom stereocenters. The Morgan fingerprint density at radius 1 is 1.23 bits per heavy atom. The van der Waals surface area contributed by atoms with Crippen LogP contribution < -0.4 is 10.6 Å². The van der Waals surface area contributed by atoms with Gasteiger partial charge in [0.15, 0.2) is 0 Å². The molecule has 0 amide bonds. The van der Waals surface area contributed by atoms with Gasteiger partial charge in [0.1, 0.15) is 18.2 Å². The standard InChI is InChI=1S/C17H13BrFN5O2/c18-11-3-4-13(12(19)6-11)22-15-7-14(10-2-1-5-20-8-10)23-17(24-15)21-9-16(25)26/h1-8H,9H2,(H,25,26)(H2,21,22,23,24). The van der Waals surface area contributed by atoms with E-state index in [0.29, 0.717) is 21.5 Å². The zero-order valence-corrected chi connectivity index (χ0v) is 14.9. The second-order valence-electron chi connectivity index (χ2n) is 5.20. The molecule has 0 spiro atoms. The molecule has 3 N–H and O–H groups in total. The SMILES string of the molecule is O=C(O)CNc1nc(Nc2ccc(Br)cc2F)cc(-c2cccnc2)n1. The number of aromatic nitrogens is 3. The second kappa shape index (κ2) is 7.87. The summed E-state index contributed by atoms with van der Waals surface area (Å²) in [7, 11) is 0. The number of rotatable bonds is 6. The number of aliphatic carboxylic acids is 1. The van der Waals surface area contributed by atoms with Crippen LogP contribution in [0.3, 0.4) is 0 Å². The summed E-state index contributed by atoms with van der Waals surface area (Å²) in [6.45, 7) is -0.345. The molecule has 7 nitrogen and oxygen atoms in total. The van der Waals surface area contributed by atoms with Gasteiger partial charge in [0.2, 0.25) is 5.95 Å². The Kier molecular flexibility index (Phi) is 5.37. The van der Waals surface area contributed by atoms with E-state index in [4.69, 9.17) is 5.11 Å². The lowest BCUT2D eigenvalue weighted by atomic mass is 10.2. The molecule has 0 atom stereocenters. The summed E-state index contributed by atoms with van der Waals surface area (Å²) in [6.07, 6.45) is 3.25. The van der Waals surface area contributed by atoms with Gasteiger partial charge in [-0.25, -0.2) is 9.37 Å². The summed E-state index contributed by atoms with van der Waals surface area (Å²) in [5.41, 5.74) is 1.46. The third kappa shape index (κ3) is 4.51. The lowest BCUT2D eigenvalue weighted by Crippen LogP contribution is -2.15. The van der Waals surface area contributed by atoms with Gasteiger partial charge in [0, 0.05) is 28.5 Å². The van der Waals surface area contributed by atoms with E-state index in [0.717, 1.165) is 0 Å². The fourth-order valence-electron chi connectivity index (χ4n) is 2.14. The summed E-state index contributed by atoms with van der Waals surface area (Å²) >= 11 is 3.20. The van der Waals surface area contributed by atoms with Gasteiger partial charge < -0.3 is 15.7 Å². The van der Waals surface area contributed by atoms with E-state index in [1.807, 2.05) is 0 Å². The normalized spacial score (nSPS) is 10.4. The van der Waals surface area contributed by atoms with Crippen LogP contribution in [0.2, 0.25) is 0 Å². The van der Waals surface area contributed by atoms with E-state index in [1.165, 1.54) is 6.07 Å². The van der Waals surface area contributed by atoms with Gasteiger partial charge in [-0.3, -0.25) is 9.78 Å². The van der Waals surface area contributed by atoms with Gasteiger partial charge in [-0.2, -0.15) is 4.98 Å². The molecule has 0 aliphatic rings. The summed E-state index contributed by atoms with van der Waals surface area (Å²) in [4.78, 5) is 23.3. The maximum absolute atomic E-state index is 14.1. The molecule has 2 heterocycles. The van der Waals surface area contributed by atoms with Crippen LogP contribution >= 0.6 is 15.9 Å². The third-order valence-electron chi connectivity index (χ3n) is 3.28. The topological polar surface area (TPSA) is 100 Å². The minimum absolute atomic E-state index is 0.105. The van der Waals surface area contributed by atoms with Crippen LogP contribution in [0.5, 0.6) is 0 Å². The van der Waals surface area contributed by atoms with Crippen LogP contribution in [0.15, 0.2) is 53.3 Å². The molecule has 0 saturated heterocycles. The van der Waals surface area contributed by atoms with Crippen LogP contribution in [0.25, 0.3) is 11.3 Å². The lowest BCUT2D eigenvalue weighted by Gasteiger charge is -2.11. The van der Waals surface area contributed by atoms with Gasteiger partial charge in [-0.15, -0.1) is 0 Å². The van der Waals surface area contributed by atoms with Crippen molar-refractivity contribution < 1.29 is 14.3 Å². The lowest BCUT2D eigenvalue weighted by molar-refractivity contribution is -0.134. The van der Waals surface area contributed by atoms with E-state index in [2.05, 4.69) is 41.5 Å². The molecule has 1 aromatic carbocycles. The Morgan fingerprint density at radius 3 is 2.77 bits per heavy atom. The zero-order chi connectivity index (χ0) is 18.5. The summed E-state index contributed by atoms with van der Waals surface area (Å²) < 4.78 is 14.7. The van der Waals surface area contributed by atoms with Crippen LogP contribution in [-0.4, -0.2) is 32.6 Å². The Hall–Kier alpha value is -3.07. The molecule has 132 valence electrons. The first-order valence-corrected chi connectivity index (χ1v) is 8.28. The maximum atomic E-state index is 14.1. The van der Waals surface area contributed by atoms with Crippen molar-refractivity contribution >= 4 is 39.4 Å². The molecule has 3 rings (SSSR count). The average molecular weight is 418 g/mol. The number of nitrogens with one attached hydrogen (secondary N) is 2. The second-order valence-corrected chi connectivity index (χ2v) is 6.12. The first-order chi connectivity index (χ1) is 12.5. The Balaban J connectivity index is 1.97. The Labute approximate surface area is 156 Å². The van der Waals surface area contributed by atoms with Crippen molar-refractivity contribution in [2.24, 2.45) is 0 Å². The van der Waals surface area contributed by atoms with E-state index < -0.39 is 11.8 Å². The van der Waals surface area contributed by atoms with Crippen molar-refractivity contribution in [2.75, 3.05) is 17.2 Å². The number of carboxylic acid groups (broad SMARTS) is 1. The first-order valence-electron chi connectivity index (χ1n) is 7.48. The van der Waals surface area contributed by atoms with Crippen molar-refractivity contribution in [1.82, 2.24) is 15.0 Å². The Bertz CT molecular complexity index is 940. The van der Waals surface area contributed by atoms with Crippen molar-refractivity contribution in [2.45, 2.75) is 0 Å². The number of carboxylic acids is 1. The number of hydrogen-bond donors (Lipinski definition) is 3. The Morgan fingerprint density at radius 2 is 2.08 bits per heavy atom. The van der Waals surface area contributed by atoms with Gasteiger partial charge >= 0.3 is 5.97 Å². The molecule has 0 radical (unpaired) electrons. The molecule has 0 bridgehead atoms. The van der Waals surface area contributed by atoms with Crippen molar-refractivity contribution in [3.8, 4) is 11.3 Å². The monoisotopic (exact) mass is 417 g/mol. The maximum Gasteiger partial charge on any atom is 0.322 e. The van der Waals surface area contributed by atoms with E-state index in [1.54, 1.807) is 42.7 Å². The molecule has 0 saturated carbocycles. The molecule has 0 aliphatic carbocycles. The molecule has 3 aromatic rings. The summed E-state index contributed by atoms with van der Waals surface area (Å²) in [5, 5.41) is 14.3. The molecular weight excluding hydrogens is 405 g/mol. The van der Waals surface area contributed by atoms with Crippen molar-refractivity contribution in [3.05, 3.63) is 59.1 Å². The summed E-state index contributed by atoms with van der Waals surface area (Å²) in [5.74, 6) is -1.09. The highest BCUT2D eigenvalue weighted by molar-refractivity contribution is 9.10. The summed E-state index contributed by atoms with van der Waals surface area (Å²) in [6, 6.07) is 9.77. The van der Waals surface area contributed by atoms with Crippen molar-refractivity contribution in [1.29, 1.82) is 0 Å². The number of anilines is 3. The minimum Gasteiger partial charge on any atom is -0.480 e. The quantitative estimate of drug-likeness (QED) is 0.562. The number of halogens is 2. The fourth-order valence-corrected chi connectivity index (χ4v) is 2.47. The van der Waals surface area contributed by atoms with Gasteiger partial charge in [0.05, 0.1) is 11.4 Å². The highest BCUT2D eigenvalue weighted by Gasteiger charge is 2.10. The molecule has 9 heteroatoms. The van der Waals surface area contributed by atoms with Crippen molar-refractivity contribution in [3.63, 3.8) is 0 Å². The molecular formula is C17H13BrFN5O2. The fraction of sp³-hybridized carbons (Fsp3) is 0.0588. The predicted octanol–water partition coefficient (Wildman–Crippen LogP) is 3.68. The van der Waals surface area contributed by atoms with Crippen LogP contribution in [0.1, 0.15) is 0 Å². The van der Waals surface area contributed by atoms with Gasteiger partial charge in [0.25, 0.3) is 0 Å². The molecule has 26 heavy (non-hydrogen) atoms. The zero-order valence-electron chi connectivity index (χ0n) is 13.3. The highest BCUT2D eigenvalue weighted by Crippen LogP contribution is 2.25. The molecule has 0 fully saturated rings. The smallest absolute Gasteiger partial charge is 0.322 e. The largest absolute Gasteiger partial charge is 0.480 e. The average Bonchev–Trinajstić information content (AvgIpc) is 2.63.